The van der Waals surface area contributed by atoms with Crippen LogP contribution in [0.15, 0.2) is 0 Å². The third-order valence-corrected chi connectivity index (χ3v) is 1.04. The van der Waals surface area contributed by atoms with Crippen molar-refractivity contribution in [3.05, 3.63) is 6.92 Å². The second kappa shape index (κ2) is 3.77. The molecule has 0 bridgehead atoms. The zero-order valence-electron chi connectivity index (χ0n) is 5.49. The number of methoxy groups -OCH3 is 1. The Labute approximate surface area is 54.0 Å². The van der Waals surface area contributed by atoms with Gasteiger partial charge < -0.3 is 4.74 Å². The van der Waals surface area contributed by atoms with Gasteiger partial charge in [-0.2, -0.15) is 0 Å². The summed E-state index contributed by atoms with van der Waals surface area (Å²) in [5, 5.41) is 0. The summed E-state index contributed by atoms with van der Waals surface area (Å²) < 4.78 is 28.9. The topological polar surface area (TPSA) is 9.23 Å². The first-order valence-electron chi connectivity index (χ1n) is 2.78. The van der Waals surface area contributed by atoms with E-state index in [2.05, 4.69) is 11.7 Å². The van der Waals surface area contributed by atoms with Gasteiger partial charge in [0.25, 0.3) is 0 Å². The van der Waals surface area contributed by atoms with Crippen molar-refractivity contribution < 1.29 is 13.5 Å². The highest BCUT2D eigenvalue weighted by molar-refractivity contribution is 4.66. The van der Waals surface area contributed by atoms with Crippen molar-refractivity contribution in [3.63, 3.8) is 0 Å². The highest BCUT2D eigenvalue weighted by atomic mass is 19.3. The van der Waals surface area contributed by atoms with E-state index in [-0.39, 0.29) is 19.4 Å². The van der Waals surface area contributed by atoms with Crippen LogP contribution >= 0.6 is 0 Å². The summed E-state index contributed by atoms with van der Waals surface area (Å²) in [5.74, 6) is -2.64. The van der Waals surface area contributed by atoms with Crippen molar-refractivity contribution in [2.24, 2.45) is 0 Å². The number of alkyl halides is 2. The van der Waals surface area contributed by atoms with Gasteiger partial charge in [0.05, 0.1) is 6.61 Å². The quantitative estimate of drug-likeness (QED) is 0.574. The summed E-state index contributed by atoms with van der Waals surface area (Å²) >= 11 is 0. The van der Waals surface area contributed by atoms with Gasteiger partial charge in [-0.3, -0.25) is 0 Å². The van der Waals surface area contributed by atoms with Crippen molar-refractivity contribution in [3.8, 4) is 0 Å². The fraction of sp³-hybridized carbons (Fsp3) is 0.833. The molecule has 0 unspecified atom stereocenters. The molecule has 0 aromatic carbocycles. The molecule has 0 atom stereocenters. The van der Waals surface area contributed by atoms with E-state index in [1.54, 1.807) is 0 Å². The minimum absolute atomic E-state index is 0.0997. The van der Waals surface area contributed by atoms with Crippen LogP contribution in [0, 0.1) is 6.92 Å². The van der Waals surface area contributed by atoms with Gasteiger partial charge in [-0.15, -0.1) is 0 Å². The maximum Gasteiger partial charge on any atom is 0.250 e. The SMILES string of the molecule is [CH2]CC(F)(F)CCOC. The molecule has 0 aromatic heterocycles. The van der Waals surface area contributed by atoms with Gasteiger partial charge in [-0.25, -0.2) is 8.78 Å². The van der Waals surface area contributed by atoms with Gasteiger partial charge in [-0.05, 0) is 6.92 Å². The largest absolute Gasteiger partial charge is 0.384 e. The number of hydrogen-bond acceptors (Lipinski definition) is 1. The molecule has 1 nitrogen and oxygen atoms in total. The number of hydrogen-bond donors (Lipinski definition) is 0. The Morgan fingerprint density at radius 1 is 1.56 bits per heavy atom. The Bertz CT molecular complexity index is 73.5. The molecule has 0 aliphatic carbocycles. The fourth-order valence-corrected chi connectivity index (χ4v) is 0.376. The third-order valence-electron chi connectivity index (χ3n) is 1.04. The molecule has 0 saturated heterocycles. The smallest absolute Gasteiger partial charge is 0.250 e. The van der Waals surface area contributed by atoms with E-state index in [4.69, 9.17) is 0 Å². The predicted molar refractivity (Wildman–Crippen MR) is 31.4 cm³/mol. The zero-order valence-corrected chi connectivity index (χ0v) is 5.49. The average molecular weight is 137 g/mol. The van der Waals surface area contributed by atoms with Crippen molar-refractivity contribution >= 4 is 0 Å². The van der Waals surface area contributed by atoms with Crippen molar-refractivity contribution in [1.29, 1.82) is 0 Å². The number of halogens is 2. The summed E-state index contributed by atoms with van der Waals surface area (Å²) in [5.41, 5.74) is 0. The van der Waals surface area contributed by atoms with Gasteiger partial charge >= 0.3 is 0 Å². The lowest BCUT2D eigenvalue weighted by atomic mass is 10.2. The summed E-state index contributed by atoms with van der Waals surface area (Å²) in [6.45, 7) is 3.20. The van der Waals surface area contributed by atoms with Crippen molar-refractivity contribution in [1.82, 2.24) is 0 Å². The van der Waals surface area contributed by atoms with Gasteiger partial charge in [-0.1, -0.05) is 0 Å². The highest BCUT2D eigenvalue weighted by Crippen LogP contribution is 2.21. The van der Waals surface area contributed by atoms with E-state index < -0.39 is 5.92 Å². The number of ether oxygens (including phenoxy) is 1. The first-order valence-corrected chi connectivity index (χ1v) is 2.78. The molecule has 0 spiro atoms. The average Bonchev–Trinajstić information content (AvgIpc) is 1.84. The first-order chi connectivity index (χ1) is 4.12. The Morgan fingerprint density at radius 3 is 2.44 bits per heavy atom. The fourth-order valence-electron chi connectivity index (χ4n) is 0.376. The molecule has 0 aromatic rings. The Morgan fingerprint density at radius 2 is 2.11 bits per heavy atom. The summed E-state index contributed by atoms with van der Waals surface area (Å²) in [7, 11) is 1.40. The standard InChI is InChI=1S/C6H11F2O/c1-3-6(7,8)4-5-9-2/h1,3-5H2,2H3. The van der Waals surface area contributed by atoms with E-state index in [0.717, 1.165) is 0 Å². The first kappa shape index (κ1) is 8.82. The van der Waals surface area contributed by atoms with Crippen LogP contribution in [0.1, 0.15) is 12.8 Å². The monoisotopic (exact) mass is 137 g/mol. The predicted octanol–water partition coefficient (Wildman–Crippen LogP) is 1.88. The Balaban J connectivity index is 3.33. The van der Waals surface area contributed by atoms with Crippen LogP contribution in [0.4, 0.5) is 8.78 Å². The molecule has 9 heavy (non-hydrogen) atoms. The maximum absolute atomic E-state index is 12.2. The molecule has 0 N–H and O–H groups in total. The molecule has 0 saturated carbocycles. The van der Waals surface area contributed by atoms with Gasteiger partial charge in [0.1, 0.15) is 0 Å². The number of rotatable bonds is 4. The Hall–Kier alpha value is -0.180. The summed E-state index contributed by atoms with van der Waals surface area (Å²) in [6.07, 6.45) is -0.580. The molecule has 1 radical (unpaired) electrons. The van der Waals surface area contributed by atoms with Crippen LogP contribution in [0.3, 0.4) is 0 Å². The lowest BCUT2D eigenvalue weighted by Crippen LogP contribution is -2.16. The van der Waals surface area contributed by atoms with Crippen LogP contribution in [0.2, 0.25) is 0 Å². The van der Waals surface area contributed by atoms with Crippen LogP contribution in [-0.4, -0.2) is 19.6 Å². The van der Waals surface area contributed by atoms with Gasteiger partial charge in [0, 0.05) is 20.0 Å². The molecule has 0 aliphatic rings. The van der Waals surface area contributed by atoms with E-state index >= 15 is 0 Å². The molecular formula is C6H11F2O. The second-order valence-electron chi connectivity index (χ2n) is 1.85. The zero-order chi connectivity index (χ0) is 7.33. The van der Waals surface area contributed by atoms with Crippen LogP contribution < -0.4 is 0 Å². The molecule has 0 heterocycles. The molecule has 55 valence electrons. The molecule has 0 fully saturated rings. The highest BCUT2D eigenvalue weighted by Gasteiger charge is 2.24. The van der Waals surface area contributed by atoms with E-state index in [1.165, 1.54) is 7.11 Å². The summed E-state index contributed by atoms with van der Waals surface area (Å²) in [4.78, 5) is 0. The van der Waals surface area contributed by atoms with Crippen LogP contribution in [0.5, 0.6) is 0 Å². The minimum Gasteiger partial charge on any atom is -0.384 e. The van der Waals surface area contributed by atoms with Gasteiger partial charge in [0.2, 0.25) is 5.92 Å². The molecule has 0 amide bonds. The van der Waals surface area contributed by atoms with Crippen molar-refractivity contribution in [2.45, 2.75) is 18.8 Å². The second-order valence-corrected chi connectivity index (χ2v) is 1.85. The van der Waals surface area contributed by atoms with Gasteiger partial charge in [0.15, 0.2) is 0 Å². The van der Waals surface area contributed by atoms with Crippen LogP contribution in [-0.2, 0) is 4.74 Å². The maximum atomic E-state index is 12.2. The third kappa shape index (κ3) is 4.33. The Kier molecular flexibility index (Phi) is 3.70. The normalized spacial score (nSPS) is 12.0. The van der Waals surface area contributed by atoms with E-state index in [9.17, 15) is 8.78 Å². The molecule has 3 heteroatoms. The molecule has 0 aliphatic heterocycles. The van der Waals surface area contributed by atoms with Crippen LogP contribution in [0.25, 0.3) is 0 Å². The minimum atomic E-state index is -2.64. The lowest BCUT2D eigenvalue weighted by molar-refractivity contribution is -0.0246. The van der Waals surface area contributed by atoms with E-state index in [0.29, 0.717) is 0 Å². The van der Waals surface area contributed by atoms with E-state index in [1.807, 2.05) is 0 Å². The molecule has 0 rings (SSSR count). The molecular weight excluding hydrogens is 126 g/mol. The van der Waals surface area contributed by atoms with Crippen molar-refractivity contribution in [2.75, 3.05) is 13.7 Å². The summed E-state index contributed by atoms with van der Waals surface area (Å²) in [6, 6.07) is 0. The lowest BCUT2D eigenvalue weighted by Gasteiger charge is -2.11.